The van der Waals surface area contributed by atoms with Gasteiger partial charge in [-0.1, -0.05) is 18.2 Å². The summed E-state index contributed by atoms with van der Waals surface area (Å²) in [6, 6.07) is 6.53. The second kappa shape index (κ2) is 4.66. The normalized spacial score (nSPS) is 25.4. The van der Waals surface area contributed by atoms with Gasteiger partial charge < -0.3 is 9.84 Å². The quantitative estimate of drug-likeness (QED) is 0.869. The number of carbonyl (C=O) groups is 2. The third-order valence-corrected chi connectivity index (χ3v) is 3.70. The van der Waals surface area contributed by atoms with Crippen LogP contribution >= 0.6 is 0 Å². The number of amides is 1. The molecule has 3 rings (SSSR count). The number of para-hydroxylation sites is 1. The molecule has 1 amide bonds. The lowest BCUT2D eigenvalue weighted by molar-refractivity contribution is -0.141. The second-order valence-electron chi connectivity index (χ2n) is 4.90. The Kier molecular flexibility index (Phi) is 2.98. The van der Waals surface area contributed by atoms with Gasteiger partial charge in [0.05, 0.1) is 0 Å². The molecule has 0 radical (unpaired) electrons. The van der Waals surface area contributed by atoms with Crippen LogP contribution < -0.4 is 4.90 Å². The summed E-state index contributed by atoms with van der Waals surface area (Å²) in [6.07, 6.45) is 1.39. The largest absolute Gasteiger partial charge is 0.480 e. The third kappa shape index (κ3) is 2.00. The summed E-state index contributed by atoms with van der Waals surface area (Å²) in [7, 11) is 0. The molecule has 0 saturated carbocycles. The molecule has 1 N–H and O–H groups in total. The van der Waals surface area contributed by atoms with E-state index in [4.69, 9.17) is 4.74 Å². The smallest absolute Gasteiger partial charge is 0.327 e. The standard InChI is InChI=1S/C14H15NO4/c16-13(12-6-3-7-19-12)15-10-5-2-1-4-9(10)8-11(15)14(17)18/h1-2,4-5,11-12H,3,6-8H2,(H,17,18)/t11-,12-/m0/s1. The lowest BCUT2D eigenvalue weighted by Crippen LogP contribution is -2.47. The highest BCUT2D eigenvalue weighted by atomic mass is 16.5. The van der Waals surface area contributed by atoms with Gasteiger partial charge in [-0.2, -0.15) is 0 Å². The molecule has 2 aliphatic heterocycles. The van der Waals surface area contributed by atoms with E-state index in [1.807, 2.05) is 18.2 Å². The van der Waals surface area contributed by atoms with Crippen molar-refractivity contribution in [3.05, 3.63) is 29.8 Å². The van der Waals surface area contributed by atoms with Gasteiger partial charge in [0.2, 0.25) is 0 Å². The Morgan fingerprint density at radius 2 is 2.11 bits per heavy atom. The Morgan fingerprint density at radius 3 is 2.79 bits per heavy atom. The summed E-state index contributed by atoms with van der Waals surface area (Å²) >= 11 is 0. The maximum Gasteiger partial charge on any atom is 0.327 e. The van der Waals surface area contributed by atoms with Gasteiger partial charge in [0, 0.05) is 18.7 Å². The highest BCUT2D eigenvalue weighted by Gasteiger charge is 2.41. The van der Waals surface area contributed by atoms with Crippen LogP contribution in [0.4, 0.5) is 5.69 Å². The van der Waals surface area contributed by atoms with E-state index in [0.29, 0.717) is 25.1 Å². The van der Waals surface area contributed by atoms with Gasteiger partial charge >= 0.3 is 5.97 Å². The second-order valence-corrected chi connectivity index (χ2v) is 4.90. The summed E-state index contributed by atoms with van der Waals surface area (Å²) in [5, 5.41) is 9.31. The summed E-state index contributed by atoms with van der Waals surface area (Å²) in [5.74, 6) is -1.20. The molecular weight excluding hydrogens is 246 g/mol. The van der Waals surface area contributed by atoms with Crippen molar-refractivity contribution in [3.8, 4) is 0 Å². The Balaban J connectivity index is 1.95. The molecule has 1 fully saturated rings. The van der Waals surface area contributed by atoms with Gasteiger partial charge in [-0.3, -0.25) is 9.69 Å². The van der Waals surface area contributed by atoms with Crippen LogP contribution in [0.5, 0.6) is 0 Å². The van der Waals surface area contributed by atoms with Crippen LogP contribution in [0, 0.1) is 0 Å². The molecule has 0 unspecified atom stereocenters. The van der Waals surface area contributed by atoms with Crippen LogP contribution in [-0.2, 0) is 20.7 Å². The highest BCUT2D eigenvalue weighted by Crippen LogP contribution is 2.33. The Bertz CT molecular complexity index is 522. The van der Waals surface area contributed by atoms with Crippen LogP contribution in [0.25, 0.3) is 0 Å². The summed E-state index contributed by atoms with van der Waals surface area (Å²) in [4.78, 5) is 25.2. The van der Waals surface area contributed by atoms with Crippen LogP contribution in [0.3, 0.4) is 0 Å². The molecule has 5 heteroatoms. The van der Waals surface area contributed by atoms with Gasteiger partial charge in [-0.25, -0.2) is 4.79 Å². The Morgan fingerprint density at radius 1 is 1.32 bits per heavy atom. The fraction of sp³-hybridized carbons (Fsp3) is 0.429. The number of carboxylic acid groups (broad SMARTS) is 1. The van der Waals surface area contributed by atoms with Crippen molar-refractivity contribution in [1.29, 1.82) is 0 Å². The topological polar surface area (TPSA) is 66.8 Å². The molecule has 2 aliphatic rings. The first kappa shape index (κ1) is 12.2. The molecule has 0 aromatic heterocycles. The first-order valence-electron chi connectivity index (χ1n) is 6.44. The van der Waals surface area contributed by atoms with Crippen LogP contribution in [0.2, 0.25) is 0 Å². The zero-order chi connectivity index (χ0) is 13.4. The first-order chi connectivity index (χ1) is 9.18. The van der Waals surface area contributed by atoms with Gasteiger partial charge in [-0.05, 0) is 24.5 Å². The number of rotatable bonds is 2. The van der Waals surface area contributed by atoms with Gasteiger partial charge in [0.15, 0.2) is 0 Å². The van der Waals surface area contributed by atoms with Crippen molar-refractivity contribution < 1.29 is 19.4 Å². The number of nitrogens with zero attached hydrogens (tertiary/aromatic N) is 1. The molecule has 100 valence electrons. The van der Waals surface area contributed by atoms with Crippen molar-refractivity contribution in [1.82, 2.24) is 0 Å². The van der Waals surface area contributed by atoms with E-state index in [1.165, 1.54) is 4.90 Å². The van der Waals surface area contributed by atoms with E-state index in [0.717, 1.165) is 12.0 Å². The summed E-state index contributed by atoms with van der Waals surface area (Å²) < 4.78 is 5.39. The molecule has 1 aromatic carbocycles. The SMILES string of the molecule is O=C(O)[C@@H]1Cc2ccccc2N1C(=O)[C@@H]1CCCO1. The predicted molar refractivity (Wildman–Crippen MR) is 68.0 cm³/mol. The van der Waals surface area contributed by atoms with Crippen LogP contribution in [-0.4, -0.2) is 35.7 Å². The molecule has 5 nitrogen and oxygen atoms in total. The van der Waals surface area contributed by atoms with Crippen molar-refractivity contribution in [3.63, 3.8) is 0 Å². The molecule has 0 spiro atoms. The molecule has 19 heavy (non-hydrogen) atoms. The number of anilines is 1. The minimum Gasteiger partial charge on any atom is -0.480 e. The van der Waals surface area contributed by atoms with Gasteiger partial charge in [0.1, 0.15) is 12.1 Å². The molecule has 2 heterocycles. The number of ether oxygens (including phenoxy) is 1. The monoisotopic (exact) mass is 261 g/mol. The molecular formula is C14H15NO4. The van der Waals surface area contributed by atoms with Gasteiger partial charge in [0.25, 0.3) is 5.91 Å². The zero-order valence-corrected chi connectivity index (χ0v) is 10.4. The van der Waals surface area contributed by atoms with Crippen molar-refractivity contribution in [2.45, 2.75) is 31.4 Å². The average Bonchev–Trinajstić information content (AvgIpc) is 3.05. The number of hydrogen-bond donors (Lipinski definition) is 1. The van der Waals surface area contributed by atoms with Crippen molar-refractivity contribution in [2.24, 2.45) is 0 Å². The number of aliphatic carboxylic acids is 1. The number of carbonyl (C=O) groups excluding carboxylic acids is 1. The molecule has 1 aromatic rings. The molecule has 1 saturated heterocycles. The fourth-order valence-electron chi connectivity index (χ4n) is 2.78. The number of carboxylic acids is 1. The number of fused-ring (bicyclic) bond motifs is 1. The number of hydrogen-bond acceptors (Lipinski definition) is 3. The van der Waals surface area contributed by atoms with Gasteiger partial charge in [-0.15, -0.1) is 0 Å². The lowest BCUT2D eigenvalue weighted by atomic mass is 10.1. The zero-order valence-electron chi connectivity index (χ0n) is 10.4. The van der Waals surface area contributed by atoms with E-state index in [2.05, 4.69) is 0 Å². The maximum atomic E-state index is 12.5. The molecule has 2 atom stereocenters. The predicted octanol–water partition coefficient (Wildman–Crippen LogP) is 1.21. The van der Waals surface area contributed by atoms with Crippen molar-refractivity contribution >= 4 is 17.6 Å². The van der Waals surface area contributed by atoms with E-state index in [1.54, 1.807) is 6.07 Å². The first-order valence-corrected chi connectivity index (χ1v) is 6.44. The number of benzene rings is 1. The van der Waals surface area contributed by atoms with E-state index in [-0.39, 0.29) is 5.91 Å². The minimum absolute atomic E-state index is 0.227. The van der Waals surface area contributed by atoms with Crippen LogP contribution in [0.15, 0.2) is 24.3 Å². The van der Waals surface area contributed by atoms with E-state index in [9.17, 15) is 14.7 Å². The van der Waals surface area contributed by atoms with E-state index < -0.39 is 18.1 Å². The van der Waals surface area contributed by atoms with Crippen molar-refractivity contribution in [2.75, 3.05) is 11.5 Å². The molecule has 0 bridgehead atoms. The fourth-order valence-corrected chi connectivity index (χ4v) is 2.78. The lowest BCUT2D eigenvalue weighted by Gasteiger charge is -2.25. The Labute approximate surface area is 110 Å². The summed E-state index contributed by atoms with van der Waals surface area (Å²) in [5.41, 5.74) is 1.61. The minimum atomic E-state index is -0.970. The Hall–Kier alpha value is -1.88. The van der Waals surface area contributed by atoms with E-state index >= 15 is 0 Å². The average molecular weight is 261 g/mol. The maximum absolute atomic E-state index is 12.5. The molecule has 0 aliphatic carbocycles. The third-order valence-electron chi connectivity index (χ3n) is 3.70. The van der Waals surface area contributed by atoms with Crippen LogP contribution in [0.1, 0.15) is 18.4 Å². The summed E-state index contributed by atoms with van der Waals surface area (Å²) in [6.45, 7) is 0.573. The highest BCUT2D eigenvalue weighted by molar-refractivity contribution is 6.04.